The Kier molecular flexibility index (Phi) is 7.83. The van der Waals surface area contributed by atoms with E-state index in [4.69, 9.17) is 11.6 Å². The molecule has 3 rings (SSSR count). The summed E-state index contributed by atoms with van der Waals surface area (Å²) < 4.78 is 0. The molecule has 1 aliphatic rings. The van der Waals surface area contributed by atoms with Crippen molar-refractivity contribution in [2.45, 2.75) is 40.5 Å². The molecule has 0 saturated carbocycles. The van der Waals surface area contributed by atoms with Crippen LogP contribution in [0.1, 0.15) is 50.9 Å². The maximum Gasteiger partial charge on any atom is 0.255 e. The van der Waals surface area contributed by atoms with E-state index < -0.39 is 0 Å². The van der Waals surface area contributed by atoms with Crippen molar-refractivity contribution in [2.24, 2.45) is 11.3 Å². The zero-order chi connectivity index (χ0) is 23.3. The van der Waals surface area contributed by atoms with Crippen LogP contribution in [-0.2, 0) is 4.79 Å². The van der Waals surface area contributed by atoms with E-state index in [1.165, 1.54) is 0 Å². The highest BCUT2D eigenvalue weighted by atomic mass is 35.5. The van der Waals surface area contributed by atoms with Gasteiger partial charge in [0.2, 0.25) is 5.91 Å². The number of carbonyl (C=O) groups excluding carboxylic acids is 2. The van der Waals surface area contributed by atoms with Crippen LogP contribution < -0.4 is 10.2 Å². The van der Waals surface area contributed by atoms with Gasteiger partial charge in [-0.05, 0) is 60.2 Å². The first-order valence-corrected chi connectivity index (χ1v) is 11.7. The molecule has 6 heteroatoms. The van der Waals surface area contributed by atoms with E-state index in [0.29, 0.717) is 22.9 Å². The van der Waals surface area contributed by atoms with E-state index >= 15 is 0 Å². The van der Waals surface area contributed by atoms with Crippen molar-refractivity contribution in [3.63, 3.8) is 0 Å². The fraction of sp³-hybridized carbons (Fsp3) is 0.462. The molecule has 1 unspecified atom stereocenters. The highest BCUT2D eigenvalue weighted by Crippen LogP contribution is 2.27. The molecule has 2 aromatic rings. The smallest absolute Gasteiger partial charge is 0.255 e. The quantitative estimate of drug-likeness (QED) is 0.607. The average Bonchev–Trinajstić information content (AvgIpc) is 2.73. The van der Waals surface area contributed by atoms with Crippen molar-refractivity contribution in [2.75, 3.05) is 36.4 Å². The lowest BCUT2D eigenvalue weighted by Crippen LogP contribution is -2.49. The predicted molar refractivity (Wildman–Crippen MR) is 132 cm³/mol. The zero-order valence-electron chi connectivity index (χ0n) is 19.5. The zero-order valence-corrected chi connectivity index (χ0v) is 20.3. The first-order chi connectivity index (χ1) is 15.1. The third-order valence-corrected chi connectivity index (χ3v) is 5.93. The Labute approximate surface area is 196 Å². The fourth-order valence-corrected chi connectivity index (χ4v) is 4.54. The largest absolute Gasteiger partial charge is 0.368 e. The number of hydrogen-bond donors (Lipinski definition) is 1. The number of nitrogens with zero attached hydrogens (tertiary/aromatic N) is 2. The number of piperazine rings is 1. The molecule has 1 saturated heterocycles. The van der Waals surface area contributed by atoms with Gasteiger partial charge in [0, 0.05) is 54.6 Å². The van der Waals surface area contributed by atoms with E-state index in [0.717, 1.165) is 44.0 Å². The van der Waals surface area contributed by atoms with Gasteiger partial charge in [-0.2, -0.15) is 0 Å². The van der Waals surface area contributed by atoms with Crippen LogP contribution in [0.25, 0.3) is 0 Å². The molecule has 1 aliphatic heterocycles. The third-order valence-electron chi connectivity index (χ3n) is 5.69. The molecule has 2 amide bonds. The van der Waals surface area contributed by atoms with Crippen LogP contribution in [0.15, 0.2) is 48.5 Å². The summed E-state index contributed by atoms with van der Waals surface area (Å²) in [4.78, 5) is 29.3. The summed E-state index contributed by atoms with van der Waals surface area (Å²) in [5, 5.41) is 3.44. The van der Waals surface area contributed by atoms with Gasteiger partial charge >= 0.3 is 0 Å². The van der Waals surface area contributed by atoms with Crippen molar-refractivity contribution in [1.29, 1.82) is 0 Å². The number of nitrogens with one attached hydrogen (secondary N) is 1. The van der Waals surface area contributed by atoms with Crippen molar-refractivity contribution in [3.8, 4) is 0 Å². The second kappa shape index (κ2) is 10.4. The second-order valence-electron chi connectivity index (χ2n) is 9.95. The van der Waals surface area contributed by atoms with Crippen molar-refractivity contribution in [3.05, 3.63) is 59.1 Å². The molecule has 0 aromatic heterocycles. The monoisotopic (exact) mass is 455 g/mol. The van der Waals surface area contributed by atoms with Gasteiger partial charge in [0.25, 0.3) is 5.91 Å². The number of carbonyl (C=O) groups is 2. The molecule has 5 nitrogen and oxygen atoms in total. The Morgan fingerprint density at radius 1 is 1.03 bits per heavy atom. The van der Waals surface area contributed by atoms with Crippen LogP contribution in [0.4, 0.5) is 11.4 Å². The lowest BCUT2D eigenvalue weighted by molar-refractivity contribution is -0.132. The predicted octanol–water partition coefficient (Wildman–Crippen LogP) is 5.70. The second-order valence-corrected chi connectivity index (χ2v) is 10.4. The van der Waals surface area contributed by atoms with Gasteiger partial charge < -0.3 is 15.1 Å². The minimum absolute atomic E-state index is 0.187. The molecule has 32 heavy (non-hydrogen) atoms. The third kappa shape index (κ3) is 6.99. The SMILES string of the molecule is CC(CC(=O)N1CCN(c2ccc(NC(=O)c3cccc(Cl)c3)cc2)CC1)CC(C)(C)C. The Morgan fingerprint density at radius 2 is 1.69 bits per heavy atom. The van der Waals surface area contributed by atoms with Gasteiger partial charge in [-0.25, -0.2) is 0 Å². The number of benzene rings is 2. The summed E-state index contributed by atoms with van der Waals surface area (Å²) in [5.74, 6) is 0.476. The minimum atomic E-state index is -0.187. The molecule has 2 aromatic carbocycles. The fourth-order valence-electron chi connectivity index (χ4n) is 4.35. The molecular formula is C26H34ClN3O2. The van der Waals surface area contributed by atoms with Crippen molar-refractivity contribution < 1.29 is 9.59 Å². The standard InChI is InChI=1S/C26H34ClN3O2/c1-19(18-26(2,3)4)16-24(31)30-14-12-29(13-15-30)23-10-8-22(9-11-23)28-25(32)20-6-5-7-21(27)17-20/h5-11,17,19H,12-16,18H2,1-4H3,(H,28,32). The van der Waals surface area contributed by atoms with E-state index in [2.05, 4.69) is 37.9 Å². The van der Waals surface area contributed by atoms with Crippen LogP contribution in [0.5, 0.6) is 0 Å². The van der Waals surface area contributed by atoms with Crippen LogP contribution in [-0.4, -0.2) is 42.9 Å². The first kappa shape index (κ1) is 24.1. The Balaban J connectivity index is 1.49. The van der Waals surface area contributed by atoms with Gasteiger partial charge in [-0.15, -0.1) is 0 Å². The lowest BCUT2D eigenvalue weighted by atomic mass is 9.84. The highest BCUT2D eigenvalue weighted by Gasteiger charge is 2.24. The number of hydrogen-bond acceptors (Lipinski definition) is 3. The molecule has 172 valence electrons. The van der Waals surface area contributed by atoms with Gasteiger partial charge in [0.1, 0.15) is 0 Å². The van der Waals surface area contributed by atoms with Gasteiger partial charge in [0.15, 0.2) is 0 Å². The summed E-state index contributed by atoms with van der Waals surface area (Å²) in [6.07, 6.45) is 1.68. The topological polar surface area (TPSA) is 52.7 Å². The number of halogens is 1. The van der Waals surface area contributed by atoms with Gasteiger partial charge in [0.05, 0.1) is 0 Å². The van der Waals surface area contributed by atoms with E-state index in [-0.39, 0.29) is 17.2 Å². The van der Waals surface area contributed by atoms with Gasteiger partial charge in [-0.3, -0.25) is 9.59 Å². The lowest BCUT2D eigenvalue weighted by Gasteiger charge is -2.37. The molecule has 1 atom stereocenters. The average molecular weight is 456 g/mol. The molecule has 0 spiro atoms. The Bertz CT molecular complexity index is 929. The van der Waals surface area contributed by atoms with E-state index in [9.17, 15) is 9.59 Å². The molecule has 0 radical (unpaired) electrons. The van der Waals surface area contributed by atoms with E-state index in [1.807, 2.05) is 29.2 Å². The molecule has 1 fully saturated rings. The number of amides is 2. The molecule has 0 aliphatic carbocycles. The first-order valence-electron chi connectivity index (χ1n) is 11.3. The van der Waals surface area contributed by atoms with Crippen molar-refractivity contribution in [1.82, 2.24) is 4.90 Å². The highest BCUT2D eigenvalue weighted by molar-refractivity contribution is 6.31. The maximum absolute atomic E-state index is 12.7. The number of anilines is 2. The van der Waals surface area contributed by atoms with Crippen LogP contribution >= 0.6 is 11.6 Å². The Morgan fingerprint density at radius 3 is 2.28 bits per heavy atom. The van der Waals surface area contributed by atoms with Crippen LogP contribution in [0.2, 0.25) is 5.02 Å². The maximum atomic E-state index is 12.7. The molecule has 1 heterocycles. The van der Waals surface area contributed by atoms with Crippen molar-refractivity contribution >= 4 is 34.8 Å². The van der Waals surface area contributed by atoms with Crippen LogP contribution in [0.3, 0.4) is 0 Å². The minimum Gasteiger partial charge on any atom is -0.368 e. The Hall–Kier alpha value is -2.53. The van der Waals surface area contributed by atoms with E-state index in [1.54, 1.807) is 24.3 Å². The van der Waals surface area contributed by atoms with Crippen LogP contribution in [0, 0.1) is 11.3 Å². The summed E-state index contributed by atoms with van der Waals surface area (Å²) in [6, 6.07) is 14.7. The van der Waals surface area contributed by atoms with Gasteiger partial charge in [-0.1, -0.05) is 45.4 Å². The summed E-state index contributed by atoms with van der Waals surface area (Å²) in [6.45, 7) is 12.0. The molecular weight excluding hydrogens is 422 g/mol. The molecule has 1 N–H and O–H groups in total. The summed E-state index contributed by atoms with van der Waals surface area (Å²) in [5.41, 5.74) is 2.61. The summed E-state index contributed by atoms with van der Waals surface area (Å²) in [7, 11) is 0. The summed E-state index contributed by atoms with van der Waals surface area (Å²) >= 11 is 5.97. The number of rotatable bonds is 6. The normalized spacial score (nSPS) is 15.4. The molecule has 0 bridgehead atoms.